The molecule has 1 aromatic carbocycles. The molecule has 0 fully saturated rings. The van der Waals surface area contributed by atoms with Crippen LogP contribution in [0.3, 0.4) is 0 Å². The van der Waals surface area contributed by atoms with Gasteiger partial charge in [0, 0.05) is 6.54 Å². The summed E-state index contributed by atoms with van der Waals surface area (Å²) < 4.78 is 7.23. The van der Waals surface area contributed by atoms with Crippen molar-refractivity contribution in [1.29, 1.82) is 0 Å². The van der Waals surface area contributed by atoms with Gasteiger partial charge >= 0.3 is 0 Å². The number of carbonyl (C=O) groups is 1. The average molecular weight is 296 g/mol. The molecule has 2 aromatic rings. The minimum Gasteiger partial charge on any atom is -0.494 e. The summed E-state index contributed by atoms with van der Waals surface area (Å²) in [6.07, 6.45) is 0. The Morgan fingerprint density at radius 3 is 2.75 bits per heavy atom. The van der Waals surface area contributed by atoms with Crippen LogP contribution in [-0.4, -0.2) is 22.6 Å². The number of benzene rings is 1. The molecule has 0 bridgehead atoms. The van der Waals surface area contributed by atoms with Crippen LogP contribution in [0, 0.1) is 5.41 Å². The van der Waals surface area contributed by atoms with E-state index in [1.54, 1.807) is 21.0 Å². The predicted molar refractivity (Wildman–Crippen MR) is 78.8 cm³/mol. The molecule has 0 aliphatic carbocycles. The Hall–Kier alpha value is -1.75. The van der Waals surface area contributed by atoms with Crippen LogP contribution in [0.5, 0.6) is 5.75 Å². The van der Waals surface area contributed by atoms with E-state index in [0.717, 1.165) is 11.0 Å². The van der Waals surface area contributed by atoms with E-state index in [1.807, 2.05) is 22.8 Å². The van der Waals surface area contributed by atoms with E-state index in [-0.39, 0.29) is 11.8 Å². The van der Waals surface area contributed by atoms with Gasteiger partial charge in [0.1, 0.15) is 17.1 Å². The number of alkyl halides is 1. The first-order chi connectivity index (χ1) is 9.40. The monoisotopic (exact) mass is 295 g/mol. The van der Waals surface area contributed by atoms with E-state index in [0.29, 0.717) is 18.1 Å². The molecule has 0 atom stereocenters. The Bertz CT molecular complexity index is 649. The maximum absolute atomic E-state index is 11.5. The highest BCUT2D eigenvalue weighted by molar-refractivity contribution is 6.16. The number of nitrogens with two attached hydrogens (primary N) is 1. The standard InChI is InChI=1S/C14H18ClN3O2/c1-14(2,13(16)19)8-18-9-5-4-6-10(20-3)12(9)17-11(18)7-15/h4-6H,7-8H2,1-3H3,(H2,16,19). The molecular formula is C14H18ClN3O2. The van der Waals surface area contributed by atoms with Gasteiger partial charge < -0.3 is 15.0 Å². The highest BCUT2D eigenvalue weighted by atomic mass is 35.5. The van der Waals surface area contributed by atoms with Crippen LogP contribution in [0.15, 0.2) is 18.2 Å². The number of nitrogens with zero attached hydrogens (tertiary/aromatic N) is 2. The third-order valence-electron chi connectivity index (χ3n) is 3.38. The van der Waals surface area contributed by atoms with E-state index >= 15 is 0 Å². The van der Waals surface area contributed by atoms with Gasteiger partial charge in [-0.05, 0) is 26.0 Å². The molecule has 6 heteroatoms. The van der Waals surface area contributed by atoms with E-state index in [4.69, 9.17) is 22.1 Å². The Morgan fingerprint density at radius 1 is 1.50 bits per heavy atom. The number of hydrogen-bond donors (Lipinski definition) is 1. The number of para-hydroxylation sites is 1. The van der Waals surface area contributed by atoms with Gasteiger partial charge in [0.25, 0.3) is 0 Å². The molecule has 0 aliphatic heterocycles. The van der Waals surface area contributed by atoms with Crippen molar-refractivity contribution in [2.45, 2.75) is 26.3 Å². The molecule has 0 saturated carbocycles. The maximum atomic E-state index is 11.5. The summed E-state index contributed by atoms with van der Waals surface area (Å²) in [5, 5.41) is 0. The summed E-state index contributed by atoms with van der Waals surface area (Å²) in [6.45, 7) is 4.03. The van der Waals surface area contributed by atoms with Crippen molar-refractivity contribution in [2.75, 3.05) is 7.11 Å². The molecule has 108 valence electrons. The first kappa shape index (κ1) is 14.7. The normalized spacial score (nSPS) is 11.8. The van der Waals surface area contributed by atoms with Gasteiger partial charge in [-0.25, -0.2) is 4.98 Å². The van der Waals surface area contributed by atoms with Gasteiger partial charge in [0.2, 0.25) is 5.91 Å². The SMILES string of the molecule is COc1cccc2c1nc(CCl)n2CC(C)(C)C(N)=O. The molecule has 1 heterocycles. The molecule has 0 saturated heterocycles. The molecule has 0 radical (unpaired) electrons. The van der Waals surface area contributed by atoms with E-state index in [9.17, 15) is 4.79 Å². The quantitative estimate of drug-likeness (QED) is 0.860. The van der Waals surface area contributed by atoms with Crippen molar-refractivity contribution in [1.82, 2.24) is 9.55 Å². The molecule has 2 N–H and O–H groups in total. The second-order valence-electron chi connectivity index (χ2n) is 5.32. The summed E-state index contributed by atoms with van der Waals surface area (Å²) in [5.74, 6) is 1.28. The zero-order chi connectivity index (χ0) is 14.9. The molecule has 0 spiro atoms. The first-order valence-corrected chi connectivity index (χ1v) is 6.82. The van der Waals surface area contributed by atoms with Crippen LogP contribution in [-0.2, 0) is 17.2 Å². The molecule has 0 unspecified atom stereocenters. The van der Waals surface area contributed by atoms with Crippen LogP contribution < -0.4 is 10.5 Å². The Morgan fingerprint density at radius 2 is 2.20 bits per heavy atom. The Labute approximate surface area is 122 Å². The number of aromatic nitrogens is 2. The van der Waals surface area contributed by atoms with Crippen molar-refractivity contribution >= 4 is 28.5 Å². The Balaban J connectivity index is 2.60. The highest BCUT2D eigenvalue weighted by Crippen LogP contribution is 2.29. The van der Waals surface area contributed by atoms with Gasteiger partial charge in [-0.2, -0.15) is 0 Å². The van der Waals surface area contributed by atoms with E-state index in [1.165, 1.54) is 0 Å². The lowest BCUT2D eigenvalue weighted by Crippen LogP contribution is -2.35. The van der Waals surface area contributed by atoms with E-state index < -0.39 is 5.41 Å². The lowest BCUT2D eigenvalue weighted by molar-refractivity contribution is -0.126. The van der Waals surface area contributed by atoms with Gasteiger partial charge in [-0.1, -0.05) is 6.07 Å². The summed E-state index contributed by atoms with van der Waals surface area (Å²) >= 11 is 5.97. The van der Waals surface area contributed by atoms with Crippen molar-refractivity contribution in [3.8, 4) is 5.75 Å². The highest BCUT2D eigenvalue weighted by Gasteiger charge is 2.28. The summed E-state index contributed by atoms with van der Waals surface area (Å²) in [5.41, 5.74) is 6.39. The van der Waals surface area contributed by atoms with Crippen LogP contribution >= 0.6 is 11.6 Å². The lowest BCUT2D eigenvalue weighted by atomic mass is 9.92. The number of primary amides is 1. The summed E-state index contributed by atoms with van der Waals surface area (Å²) in [7, 11) is 1.60. The second-order valence-corrected chi connectivity index (χ2v) is 5.59. The predicted octanol–water partition coefficient (Wildman–Crippen LogP) is 2.30. The van der Waals surface area contributed by atoms with Crippen molar-refractivity contribution < 1.29 is 9.53 Å². The minimum absolute atomic E-state index is 0.257. The lowest BCUT2D eigenvalue weighted by Gasteiger charge is -2.22. The fourth-order valence-corrected chi connectivity index (χ4v) is 2.29. The topological polar surface area (TPSA) is 70.1 Å². The van der Waals surface area contributed by atoms with Gasteiger partial charge in [0.05, 0.1) is 23.9 Å². The molecule has 0 aliphatic rings. The van der Waals surface area contributed by atoms with Gasteiger partial charge in [-0.3, -0.25) is 4.79 Å². The number of fused-ring (bicyclic) bond motifs is 1. The smallest absolute Gasteiger partial charge is 0.224 e. The number of amides is 1. The number of hydrogen-bond acceptors (Lipinski definition) is 3. The molecular weight excluding hydrogens is 278 g/mol. The fourth-order valence-electron chi connectivity index (χ4n) is 2.09. The third-order valence-corrected chi connectivity index (χ3v) is 3.62. The van der Waals surface area contributed by atoms with Crippen molar-refractivity contribution in [3.05, 3.63) is 24.0 Å². The summed E-state index contributed by atoms with van der Waals surface area (Å²) in [6, 6.07) is 5.66. The van der Waals surface area contributed by atoms with Crippen LogP contribution in [0.25, 0.3) is 11.0 Å². The molecule has 1 amide bonds. The van der Waals surface area contributed by atoms with Crippen molar-refractivity contribution in [2.24, 2.45) is 11.1 Å². The second kappa shape index (κ2) is 5.32. The zero-order valence-electron chi connectivity index (χ0n) is 11.8. The molecule has 5 nitrogen and oxygen atoms in total. The molecule has 2 rings (SSSR count). The molecule has 1 aromatic heterocycles. The summed E-state index contributed by atoms with van der Waals surface area (Å²) in [4.78, 5) is 16.0. The van der Waals surface area contributed by atoms with Crippen LogP contribution in [0.1, 0.15) is 19.7 Å². The number of imidazole rings is 1. The van der Waals surface area contributed by atoms with Crippen LogP contribution in [0.4, 0.5) is 0 Å². The van der Waals surface area contributed by atoms with Crippen molar-refractivity contribution in [3.63, 3.8) is 0 Å². The third kappa shape index (κ3) is 2.45. The van der Waals surface area contributed by atoms with Crippen LogP contribution in [0.2, 0.25) is 0 Å². The minimum atomic E-state index is -0.683. The van der Waals surface area contributed by atoms with Gasteiger partial charge in [0.15, 0.2) is 0 Å². The van der Waals surface area contributed by atoms with Gasteiger partial charge in [-0.15, -0.1) is 11.6 Å². The number of halogens is 1. The largest absolute Gasteiger partial charge is 0.494 e. The number of ether oxygens (including phenoxy) is 1. The number of methoxy groups -OCH3 is 1. The molecule has 20 heavy (non-hydrogen) atoms. The number of rotatable bonds is 5. The first-order valence-electron chi connectivity index (χ1n) is 6.28. The zero-order valence-corrected chi connectivity index (χ0v) is 12.6. The number of carbonyl (C=O) groups excluding carboxylic acids is 1. The fraction of sp³-hybridized carbons (Fsp3) is 0.429. The maximum Gasteiger partial charge on any atom is 0.224 e. The van der Waals surface area contributed by atoms with E-state index in [2.05, 4.69) is 4.98 Å². The Kier molecular flexibility index (Phi) is 3.90. The average Bonchev–Trinajstić information content (AvgIpc) is 2.76.